The highest BCUT2D eigenvalue weighted by atomic mass is 15.2. The minimum absolute atomic E-state index is 0.0479. The fraction of sp³-hybridized carbons (Fsp3) is 0.0714. The Morgan fingerprint density at radius 2 is 0.707 bits per heavy atom. The molecule has 0 atom stereocenters. The van der Waals surface area contributed by atoms with Gasteiger partial charge in [-0.15, -0.1) is 0 Å². The lowest BCUT2D eigenvalue weighted by Crippen LogP contribution is -2.58. The standard InChI is InChI=1S/C56H38BN/c1-31-22-32(2)25-35(24-31)37-28-38(36-26-33(3)23-34(4)27-36)30-39(29-37)57-52-46-14-7-5-12-40(46)42-16-9-18-44-48-20-11-21-49-45-19-10-17-43-41-13-6-8-15-47(41)53(57)56(51(43)45)58(54(48)49)55(52)50(42)44/h5-30H,1-4H3. The second-order valence-corrected chi connectivity index (χ2v) is 17.1. The molecule has 0 amide bonds. The number of hydrogen-bond donors (Lipinski definition) is 0. The van der Waals surface area contributed by atoms with E-state index in [-0.39, 0.29) is 6.71 Å². The summed E-state index contributed by atoms with van der Waals surface area (Å²) in [5.41, 5.74) is 23.6. The van der Waals surface area contributed by atoms with Gasteiger partial charge in [0.2, 0.25) is 6.71 Å². The van der Waals surface area contributed by atoms with Crippen LogP contribution in [-0.4, -0.2) is 6.71 Å². The molecule has 0 aliphatic carbocycles. The largest absolute Gasteiger partial charge is 0.309 e. The first-order valence-corrected chi connectivity index (χ1v) is 20.6. The second-order valence-electron chi connectivity index (χ2n) is 17.1. The van der Waals surface area contributed by atoms with Crippen molar-refractivity contribution in [2.45, 2.75) is 27.7 Å². The number of rotatable bonds is 3. The van der Waals surface area contributed by atoms with E-state index in [4.69, 9.17) is 0 Å². The predicted molar refractivity (Wildman–Crippen MR) is 250 cm³/mol. The molecule has 0 N–H and O–H groups in total. The maximum Gasteiger partial charge on any atom is 0.248 e. The van der Waals surface area contributed by atoms with Crippen LogP contribution in [0.4, 0.5) is 17.1 Å². The van der Waals surface area contributed by atoms with E-state index >= 15 is 0 Å². The van der Waals surface area contributed by atoms with Crippen LogP contribution in [0.25, 0.3) is 87.6 Å². The third-order valence-electron chi connectivity index (χ3n) is 13.4. The zero-order chi connectivity index (χ0) is 38.6. The third-order valence-corrected chi connectivity index (χ3v) is 13.4. The molecule has 13 rings (SSSR count). The number of nitrogens with zero attached hydrogens (tertiary/aromatic N) is 1. The Hall–Kier alpha value is -6.90. The van der Waals surface area contributed by atoms with Gasteiger partial charge in [0.1, 0.15) is 0 Å². The fourth-order valence-corrected chi connectivity index (χ4v) is 11.5. The van der Waals surface area contributed by atoms with E-state index in [9.17, 15) is 0 Å². The quantitative estimate of drug-likeness (QED) is 0.129. The van der Waals surface area contributed by atoms with Crippen LogP contribution in [0.1, 0.15) is 22.3 Å². The SMILES string of the molecule is Cc1cc(C)cc(-c2cc(B3c4c5c6c(cccc6c6ccccc46)-c4cccc6c4N5c4c3c3ccccc3c3cccc-6c43)cc(-c3cc(C)cc(C)c3)c2)c1. The number of anilines is 3. The summed E-state index contributed by atoms with van der Waals surface area (Å²) >= 11 is 0. The van der Waals surface area contributed by atoms with Gasteiger partial charge in [-0.05, 0) is 110 Å². The molecule has 58 heavy (non-hydrogen) atoms. The van der Waals surface area contributed by atoms with Crippen molar-refractivity contribution in [3.8, 4) is 44.5 Å². The molecule has 0 aromatic heterocycles. The Labute approximate surface area is 338 Å². The monoisotopic (exact) mass is 735 g/mol. The smallest absolute Gasteiger partial charge is 0.248 e. The van der Waals surface area contributed by atoms with Crippen LogP contribution in [0.15, 0.2) is 158 Å². The van der Waals surface area contributed by atoms with Crippen LogP contribution >= 0.6 is 0 Å². The number of fused-ring (bicyclic) bond motifs is 8. The van der Waals surface area contributed by atoms with E-state index < -0.39 is 0 Å². The summed E-state index contributed by atoms with van der Waals surface area (Å²) in [7, 11) is 0. The fourth-order valence-electron chi connectivity index (χ4n) is 11.5. The van der Waals surface area contributed by atoms with Crippen molar-refractivity contribution in [2.24, 2.45) is 0 Å². The summed E-state index contributed by atoms with van der Waals surface area (Å²) in [4.78, 5) is 2.72. The highest BCUT2D eigenvalue weighted by Crippen LogP contribution is 2.61. The molecular weight excluding hydrogens is 697 g/mol. The molecule has 270 valence electrons. The van der Waals surface area contributed by atoms with Gasteiger partial charge in [0.25, 0.3) is 0 Å². The first-order chi connectivity index (χ1) is 28.4. The van der Waals surface area contributed by atoms with Crippen LogP contribution in [0.3, 0.4) is 0 Å². The summed E-state index contributed by atoms with van der Waals surface area (Å²) in [6.45, 7) is 8.84. The molecule has 10 aromatic rings. The van der Waals surface area contributed by atoms with Crippen molar-refractivity contribution in [3.05, 3.63) is 180 Å². The molecule has 1 nitrogen and oxygen atoms in total. The molecule has 3 heterocycles. The van der Waals surface area contributed by atoms with Crippen LogP contribution < -0.4 is 21.3 Å². The average molecular weight is 736 g/mol. The maximum absolute atomic E-state index is 2.72. The maximum atomic E-state index is 2.72. The van der Waals surface area contributed by atoms with E-state index in [1.807, 2.05) is 0 Å². The number of benzene rings is 10. The van der Waals surface area contributed by atoms with Gasteiger partial charge < -0.3 is 4.90 Å². The summed E-state index contributed by atoms with van der Waals surface area (Å²) in [6, 6.07) is 60.9. The van der Waals surface area contributed by atoms with Gasteiger partial charge in [-0.25, -0.2) is 0 Å². The lowest BCUT2D eigenvalue weighted by Gasteiger charge is -2.46. The van der Waals surface area contributed by atoms with E-state index in [1.165, 1.54) is 143 Å². The lowest BCUT2D eigenvalue weighted by atomic mass is 9.33. The number of aryl methyl sites for hydroxylation is 4. The Balaban J connectivity index is 1.27. The average Bonchev–Trinajstić information content (AvgIpc) is 3.24. The number of hydrogen-bond acceptors (Lipinski definition) is 1. The summed E-state index contributed by atoms with van der Waals surface area (Å²) in [6.07, 6.45) is 0. The molecular formula is C56H38BN. The molecule has 0 fully saturated rings. The highest BCUT2D eigenvalue weighted by Gasteiger charge is 2.46. The Bertz CT molecular complexity index is 3250. The minimum atomic E-state index is -0.0479. The molecule has 3 aliphatic heterocycles. The molecule has 0 spiro atoms. The van der Waals surface area contributed by atoms with E-state index in [1.54, 1.807) is 0 Å². The molecule has 0 saturated heterocycles. The van der Waals surface area contributed by atoms with Gasteiger partial charge in [-0.2, -0.15) is 0 Å². The van der Waals surface area contributed by atoms with Gasteiger partial charge in [0.05, 0.1) is 17.1 Å². The first kappa shape index (κ1) is 32.2. The topological polar surface area (TPSA) is 3.24 Å². The van der Waals surface area contributed by atoms with Crippen LogP contribution in [-0.2, 0) is 0 Å². The van der Waals surface area contributed by atoms with Gasteiger partial charge in [-0.1, -0.05) is 179 Å². The van der Waals surface area contributed by atoms with Crippen molar-refractivity contribution in [2.75, 3.05) is 4.90 Å². The van der Waals surface area contributed by atoms with Gasteiger partial charge >= 0.3 is 0 Å². The molecule has 0 bridgehead atoms. The minimum Gasteiger partial charge on any atom is -0.309 e. The highest BCUT2D eigenvalue weighted by molar-refractivity contribution is 7.01. The number of para-hydroxylation sites is 1. The summed E-state index contributed by atoms with van der Waals surface area (Å²) < 4.78 is 0. The lowest BCUT2D eigenvalue weighted by molar-refractivity contribution is 1.30. The zero-order valence-electron chi connectivity index (χ0n) is 33.0. The van der Waals surface area contributed by atoms with E-state index in [0.717, 1.165) is 0 Å². The molecule has 0 saturated carbocycles. The van der Waals surface area contributed by atoms with Gasteiger partial charge in [0, 0.05) is 21.9 Å². The van der Waals surface area contributed by atoms with Crippen molar-refractivity contribution in [1.82, 2.24) is 0 Å². The van der Waals surface area contributed by atoms with Crippen molar-refractivity contribution >= 4 is 83.3 Å². The van der Waals surface area contributed by atoms with Crippen molar-refractivity contribution < 1.29 is 0 Å². The van der Waals surface area contributed by atoms with Crippen LogP contribution in [0, 0.1) is 27.7 Å². The van der Waals surface area contributed by atoms with Crippen molar-refractivity contribution in [1.29, 1.82) is 0 Å². The molecule has 3 aliphatic rings. The van der Waals surface area contributed by atoms with Crippen LogP contribution in [0.5, 0.6) is 0 Å². The van der Waals surface area contributed by atoms with Gasteiger partial charge in [-0.3, -0.25) is 0 Å². The zero-order valence-corrected chi connectivity index (χ0v) is 33.0. The van der Waals surface area contributed by atoms with Crippen LogP contribution in [0.2, 0.25) is 0 Å². The molecule has 2 heteroatoms. The second kappa shape index (κ2) is 11.4. The van der Waals surface area contributed by atoms with Gasteiger partial charge in [0.15, 0.2) is 0 Å². The van der Waals surface area contributed by atoms with E-state index in [2.05, 4.69) is 190 Å². The molecule has 10 aromatic carbocycles. The summed E-state index contributed by atoms with van der Waals surface area (Å²) in [5, 5.41) is 10.6. The van der Waals surface area contributed by atoms with E-state index in [0.29, 0.717) is 0 Å². The predicted octanol–water partition coefficient (Wildman–Crippen LogP) is 13.1. The molecule has 0 unspecified atom stereocenters. The Morgan fingerprint density at radius 1 is 0.328 bits per heavy atom. The summed E-state index contributed by atoms with van der Waals surface area (Å²) in [5.74, 6) is 0. The first-order valence-electron chi connectivity index (χ1n) is 20.6. The Morgan fingerprint density at radius 3 is 1.17 bits per heavy atom. The van der Waals surface area contributed by atoms with Crippen molar-refractivity contribution in [3.63, 3.8) is 0 Å². The normalized spacial score (nSPS) is 13.1. The molecule has 0 radical (unpaired) electrons. The third kappa shape index (κ3) is 4.17. The Kier molecular flexibility index (Phi) is 6.31.